The first-order chi connectivity index (χ1) is 14.3. The van der Waals surface area contributed by atoms with E-state index in [9.17, 15) is 9.59 Å². The molecule has 2 heterocycles. The number of carbonyl (C=O) groups is 2. The number of alkyl carbamates (subject to hydrolysis) is 1. The summed E-state index contributed by atoms with van der Waals surface area (Å²) < 4.78 is 7.19. The number of aryl methyl sites for hydroxylation is 1. The van der Waals surface area contributed by atoms with Crippen molar-refractivity contribution in [2.75, 3.05) is 6.61 Å². The van der Waals surface area contributed by atoms with Crippen molar-refractivity contribution in [3.05, 3.63) is 58.9 Å². The molecule has 1 amide bonds. The topological polar surface area (TPSA) is 60.3 Å². The van der Waals surface area contributed by atoms with Gasteiger partial charge in [-0.05, 0) is 61.3 Å². The number of hydrogen-bond acceptors (Lipinski definition) is 3. The van der Waals surface area contributed by atoms with Crippen molar-refractivity contribution in [2.45, 2.75) is 63.8 Å². The van der Waals surface area contributed by atoms with E-state index in [2.05, 4.69) is 54.1 Å². The van der Waals surface area contributed by atoms with E-state index < -0.39 is 0 Å². The Morgan fingerprint density at radius 3 is 2.60 bits per heavy atom. The average Bonchev–Trinajstić information content (AvgIpc) is 3.39. The first-order valence-corrected chi connectivity index (χ1v) is 11.1. The largest absolute Gasteiger partial charge is 0.447 e. The minimum absolute atomic E-state index is 0.181. The zero-order valence-corrected chi connectivity index (χ0v) is 18.2. The summed E-state index contributed by atoms with van der Waals surface area (Å²) in [5.74, 6) is 1.17. The number of amides is 1. The van der Waals surface area contributed by atoms with Crippen LogP contribution in [0.5, 0.6) is 0 Å². The normalized spacial score (nSPS) is 23.2. The van der Waals surface area contributed by atoms with Crippen LogP contribution in [-0.2, 0) is 24.6 Å². The highest BCUT2D eigenvalue weighted by Crippen LogP contribution is 2.43. The van der Waals surface area contributed by atoms with Gasteiger partial charge in [-0.1, -0.05) is 38.1 Å². The molecule has 1 aliphatic heterocycles. The SMILES string of the molecule is CC(C)Cc1ccc(CCC(=O)c2ccc([C@H]3CC[C@]4(COC(=O)N4)C3)n2C)cc1. The molecule has 1 aromatic heterocycles. The minimum atomic E-state index is -0.310. The van der Waals surface area contributed by atoms with Gasteiger partial charge < -0.3 is 14.6 Å². The van der Waals surface area contributed by atoms with Crippen LogP contribution in [-0.4, -0.2) is 28.6 Å². The number of benzene rings is 1. The maximum Gasteiger partial charge on any atom is 0.407 e. The van der Waals surface area contributed by atoms with Crippen molar-refractivity contribution in [1.29, 1.82) is 0 Å². The minimum Gasteiger partial charge on any atom is -0.447 e. The molecule has 1 spiro atoms. The van der Waals surface area contributed by atoms with E-state index in [1.807, 2.05) is 13.1 Å². The molecular weight excluding hydrogens is 376 g/mol. The number of nitrogens with one attached hydrogen (secondary N) is 1. The van der Waals surface area contributed by atoms with E-state index >= 15 is 0 Å². The van der Waals surface area contributed by atoms with Crippen molar-refractivity contribution >= 4 is 11.9 Å². The Labute approximate surface area is 178 Å². The molecule has 4 rings (SSSR count). The van der Waals surface area contributed by atoms with Gasteiger partial charge in [-0.15, -0.1) is 0 Å². The van der Waals surface area contributed by atoms with Crippen molar-refractivity contribution in [1.82, 2.24) is 9.88 Å². The molecule has 2 fully saturated rings. The van der Waals surface area contributed by atoms with Gasteiger partial charge in [0, 0.05) is 25.1 Å². The van der Waals surface area contributed by atoms with Crippen molar-refractivity contribution in [2.24, 2.45) is 13.0 Å². The molecule has 1 N–H and O–H groups in total. The van der Waals surface area contributed by atoms with Crippen LogP contribution in [0.1, 0.15) is 72.8 Å². The third-order valence-corrected chi connectivity index (χ3v) is 6.63. The smallest absolute Gasteiger partial charge is 0.407 e. The monoisotopic (exact) mass is 408 g/mol. The van der Waals surface area contributed by atoms with Crippen LogP contribution < -0.4 is 5.32 Å². The molecule has 2 aromatic rings. The Morgan fingerprint density at radius 2 is 1.93 bits per heavy atom. The van der Waals surface area contributed by atoms with Crippen molar-refractivity contribution in [3.8, 4) is 0 Å². The lowest BCUT2D eigenvalue weighted by Crippen LogP contribution is -2.40. The molecule has 1 saturated carbocycles. The van der Waals surface area contributed by atoms with Gasteiger partial charge in [0.2, 0.25) is 0 Å². The molecule has 160 valence electrons. The summed E-state index contributed by atoms with van der Waals surface area (Å²) in [7, 11) is 1.98. The maximum absolute atomic E-state index is 12.9. The lowest BCUT2D eigenvalue weighted by atomic mass is 9.96. The van der Waals surface area contributed by atoms with E-state index in [0.29, 0.717) is 24.9 Å². The second kappa shape index (κ2) is 8.29. The third kappa shape index (κ3) is 4.30. The number of ether oxygens (including phenoxy) is 1. The summed E-state index contributed by atoms with van der Waals surface area (Å²) >= 11 is 0. The highest BCUT2D eigenvalue weighted by Gasteiger charge is 2.46. The van der Waals surface area contributed by atoms with Gasteiger partial charge in [-0.3, -0.25) is 4.79 Å². The Morgan fingerprint density at radius 1 is 1.20 bits per heavy atom. The molecule has 1 aromatic carbocycles. The van der Waals surface area contributed by atoms with Gasteiger partial charge in [0.25, 0.3) is 0 Å². The Bertz CT molecular complexity index is 928. The fraction of sp³-hybridized carbons (Fsp3) is 0.520. The van der Waals surface area contributed by atoms with Crippen LogP contribution in [0.3, 0.4) is 0 Å². The molecule has 30 heavy (non-hydrogen) atoms. The van der Waals surface area contributed by atoms with E-state index in [-0.39, 0.29) is 17.4 Å². The molecule has 2 aliphatic rings. The van der Waals surface area contributed by atoms with Crippen LogP contribution in [0.25, 0.3) is 0 Å². The Balaban J connectivity index is 1.36. The summed E-state index contributed by atoms with van der Waals surface area (Å²) in [4.78, 5) is 24.4. The predicted molar refractivity (Wildman–Crippen MR) is 117 cm³/mol. The third-order valence-electron chi connectivity index (χ3n) is 6.63. The first-order valence-electron chi connectivity index (χ1n) is 11.1. The second-order valence-corrected chi connectivity index (χ2v) is 9.46. The van der Waals surface area contributed by atoms with Gasteiger partial charge in [0.15, 0.2) is 5.78 Å². The number of ketones is 1. The van der Waals surface area contributed by atoms with Crippen LogP contribution >= 0.6 is 0 Å². The molecule has 2 atom stereocenters. The average molecular weight is 409 g/mol. The highest BCUT2D eigenvalue weighted by atomic mass is 16.6. The zero-order chi connectivity index (χ0) is 21.3. The maximum atomic E-state index is 12.9. The van der Waals surface area contributed by atoms with Crippen LogP contribution in [0.15, 0.2) is 36.4 Å². The summed E-state index contributed by atoms with van der Waals surface area (Å²) in [5, 5.41) is 2.99. The zero-order valence-electron chi connectivity index (χ0n) is 18.2. The lowest BCUT2D eigenvalue weighted by Gasteiger charge is -2.20. The number of rotatable bonds is 7. The van der Waals surface area contributed by atoms with E-state index in [0.717, 1.165) is 37.8 Å². The molecule has 0 radical (unpaired) electrons. The van der Waals surface area contributed by atoms with Crippen LogP contribution in [0.2, 0.25) is 0 Å². The molecular formula is C25H32N2O3. The van der Waals surface area contributed by atoms with Crippen molar-refractivity contribution < 1.29 is 14.3 Å². The fourth-order valence-corrected chi connectivity index (χ4v) is 5.03. The van der Waals surface area contributed by atoms with Gasteiger partial charge in [-0.2, -0.15) is 0 Å². The summed E-state index contributed by atoms with van der Waals surface area (Å²) in [5.41, 5.74) is 4.28. The van der Waals surface area contributed by atoms with Crippen LogP contribution in [0, 0.1) is 5.92 Å². The molecule has 1 saturated heterocycles. The number of Topliss-reactive ketones (excluding diaryl/α,β-unsaturated/α-hetero) is 1. The van der Waals surface area contributed by atoms with E-state index in [4.69, 9.17) is 4.74 Å². The molecule has 0 unspecified atom stereocenters. The Hall–Kier alpha value is -2.56. The quantitative estimate of drug-likeness (QED) is 0.671. The van der Waals surface area contributed by atoms with Gasteiger partial charge in [0.05, 0.1) is 11.2 Å². The molecule has 1 aliphatic carbocycles. The van der Waals surface area contributed by atoms with E-state index in [1.165, 1.54) is 16.8 Å². The molecule has 0 bridgehead atoms. The summed E-state index contributed by atoms with van der Waals surface area (Å²) in [6.07, 6.45) is 4.84. The molecule has 5 nitrogen and oxygen atoms in total. The van der Waals surface area contributed by atoms with Gasteiger partial charge in [0.1, 0.15) is 6.61 Å². The predicted octanol–water partition coefficient (Wildman–Crippen LogP) is 4.79. The number of hydrogen-bond donors (Lipinski definition) is 1. The second-order valence-electron chi connectivity index (χ2n) is 9.46. The number of cyclic esters (lactones) is 1. The van der Waals surface area contributed by atoms with Crippen LogP contribution in [0.4, 0.5) is 4.79 Å². The first kappa shape index (κ1) is 20.7. The Kier molecular flexibility index (Phi) is 5.72. The van der Waals surface area contributed by atoms with Crippen molar-refractivity contribution in [3.63, 3.8) is 0 Å². The van der Waals surface area contributed by atoms with Gasteiger partial charge in [-0.25, -0.2) is 4.79 Å². The number of aromatic nitrogens is 1. The molecule has 5 heteroatoms. The fourth-order valence-electron chi connectivity index (χ4n) is 5.03. The summed E-state index contributed by atoms with van der Waals surface area (Å²) in [6.45, 7) is 4.90. The van der Waals surface area contributed by atoms with Gasteiger partial charge >= 0.3 is 6.09 Å². The number of nitrogens with zero attached hydrogens (tertiary/aromatic N) is 1. The standard InChI is InChI=1S/C25H32N2O3/c1-17(2)14-19-6-4-18(5-7-19)8-11-23(28)22-10-9-21(27(22)3)20-12-13-25(15-20)16-30-24(29)26-25/h4-7,9-10,17,20H,8,11-16H2,1-3H3,(H,26,29)/t20-,25+/m0/s1. The highest BCUT2D eigenvalue weighted by molar-refractivity contribution is 5.95. The number of carbonyl (C=O) groups excluding carboxylic acids is 2. The summed E-state index contributed by atoms with van der Waals surface area (Å²) in [6, 6.07) is 12.7. The van der Waals surface area contributed by atoms with E-state index in [1.54, 1.807) is 0 Å². The lowest BCUT2D eigenvalue weighted by molar-refractivity contribution is 0.0974.